The topological polar surface area (TPSA) is 9.23 Å². The van der Waals surface area contributed by atoms with E-state index in [2.05, 4.69) is 101 Å². The van der Waals surface area contributed by atoms with Gasteiger partial charge in [-0.25, -0.2) is 0 Å². The van der Waals surface area contributed by atoms with Crippen LogP contribution in [0.1, 0.15) is 0 Å². The van der Waals surface area contributed by atoms with Crippen LogP contribution >= 0.6 is 30.5 Å². The van der Waals surface area contributed by atoms with Crippen molar-refractivity contribution < 1.29 is 4.74 Å². The van der Waals surface area contributed by atoms with Gasteiger partial charge in [0.25, 0.3) is 0 Å². The van der Waals surface area contributed by atoms with E-state index in [1.807, 2.05) is 0 Å². The molecule has 0 amide bonds. The lowest BCUT2D eigenvalue weighted by molar-refractivity contribution is 0.412. The molecule has 113 valence electrons. The maximum absolute atomic E-state index is 5.51. The van der Waals surface area contributed by atoms with Gasteiger partial charge in [0.1, 0.15) is 5.75 Å². The third kappa shape index (κ3) is 4.16. The number of benzene rings is 3. The zero-order valence-corrected chi connectivity index (χ0v) is 15.9. The van der Waals surface area contributed by atoms with Crippen LogP contribution in [0.2, 0.25) is 0 Å². The van der Waals surface area contributed by atoms with Crippen molar-refractivity contribution in [3.05, 3.63) is 82.4 Å². The zero-order valence-electron chi connectivity index (χ0n) is 12.8. The molecule has 0 fully saturated rings. The molecule has 0 N–H and O–H groups in total. The van der Waals surface area contributed by atoms with Gasteiger partial charge in [0.2, 0.25) is 0 Å². The second-order valence-corrected chi connectivity index (χ2v) is 8.21. The molecule has 0 aliphatic heterocycles. The molecule has 23 heavy (non-hydrogen) atoms. The second kappa shape index (κ2) is 8.51. The molecule has 0 unspecified atom stereocenters. The summed E-state index contributed by atoms with van der Waals surface area (Å²) in [6.45, 7) is 0. The summed E-state index contributed by atoms with van der Waals surface area (Å²) >= 11 is 2.31. The van der Waals surface area contributed by atoms with Crippen LogP contribution in [0.15, 0.2) is 78.9 Å². The maximum atomic E-state index is 5.51. The van der Waals surface area contributed by atoms with E-state index >= 15 is 0 Å². The van der Waals surface area contributed by atoms with E-state index < -0.39 is 7.92 Å². The Morgan fingerprint density at radius 1 is 0.739 bits per heavy atom. The van der Waals surface area contributed by atoms with Crippen molar-refractivity contribution in [3.63, 3.8) is 0 Å². The molecule has 0 atom stereocenters. The Kier molecular flexibility index (Phi) is 6.67. The number of rotatable bonds is 4. The summed E-state index contributed by atoms with van der Waals surface area (Å²) in [7, 11) is 1.17. The molecular formula is C19H16BIOP. The third-order valence-corrected chi connectivity index (χ3v) is 6.74. The van der Waals surface area contributed by atoms with Gasteiger partial charge in [0.05, 0.1) is 10.7 Å². The van der Waals surface area contributed by atoms with Crippen molar-refractivity contribution in [1.82, 2.24) is 0 Å². The number of hydrogen-bond donors (Lipinski definition) is 0. The highest BCUT2D eigenvalue weighted by atomic mass is 127. The summed E-state index contributed by atoms with van der Waals surface area (Å²) in [5.74, 6) is 0.942. The first kappa shape index (κ1) is 18.0. The number of ether oxygens (including phenoxy) is 1. The standard InChI is InChI=1S/C19H16IOP.B/c1-21-19-14-17(12-13-18(19)20)22(15-8-4-2-5-9-15)16-10-6-3-7-11-16;/h2-14H,1H3;. The van der Waals surface area contributed by atoms with E-state index in [0.717, 1.165) is 9.32 Å². The largest absolute Gasteiger partial charge is 0.496 e. The molecule has 3 radical (unpaired) electrons. The quantitative estimate of drug-likeness (QED) is 0.350. The molecule has 0 aliphatic rings. The number of hydrogen-bond acceptors (Lipinski definition) is 1. The lowest BCUT2D eigenvalue weighted by Gasteiger charge is -2.20. The first-order chi connectivity index (χ1) is 10.8. The monoisotopic (exact) mass is 429 g/mol. The van der Waals surface area contributed by atoms with Gasteiger partial charge < -0.3 is 4.74 Å². The minimum absolute atomic E-state index is 0. The highest BCUT2D eigenvalue weighted by Gasteiger charge is 2.17. The average Bonchev–Trinajstić information content (AvgIpc) is 2.58. The average molecular weight is 429 g/mol. The molecule has 0 saturated carbocycles. The summed E-state index contributed by atoms with van der Waals surface area (Å²) in [6.07, 6.45) is 0. The summed E-state index contributed by atoms with van der Waals surface area (Å²) in [4.78, 5) is 0. The van der Waals surface area contributed by atoms with Gasteiger partial charge in [-0.2, -0.15) is 0 Å². The first-order valence-electron chi connectivity index (χ1n) is 7.03. The highest BCUT2D eigenvalue weighted by Crippen LogP contribution is 2.34. The molecule has 0 aliphatic carbocycles. The molecule has 3 aromatic rings. The molecule has 3 rings (SSSR count). The van der Waals surface area contributed by atoms with Crippen LogP contribution in [0, 0.1) is 3.57 Å². The van der Waals surface area contributed by atoms with Crippen LogP contribution in [0.5, 0.6) is 5.75 Å². The van der Waals surface area contributed by atoms with Gasteiger partial charge in [-0.05, 0) is 58.6 Å². The molecule has 0 spiro atoms. The maximum Gasteiger partial charge on any atom is 0.132 e. The summed E-state index contributed by atoms with van der Waals surface area (Å²) in [5, 5.41) is 4.02. The van der Waals surface area contributed by atoms with Gasteiger partial charge in [-0.15, -0.1) is 0 Å². The fraction of sp³-hybridized carbons (Fsp3) is 0.0526. The van der Waals surface area contributed by atoms with Crippen molar-refractivity contribution in [3.8, 4) is 5.75 Å². The van der Waals surface area contributed by atoms with Crippen LogP contribution in [-0.4, -0.2) is 15.5 Å². The van der Waals surface area contributed by atoms with Crippen molar-refractivity contribution in [1.29, 1.82) is 0 Å². The Hall–Kier alpha value is -1.32. The lowest BCUT2D eigenvalue weighted by Crippen LogP contribution is -2.20. The fourth-order valence-corrected chi connectivity index (χ4v) is 5.25. The van der Waals surface area contributed by atoms with Gasteiger partial charge in [-0.1, -0.05) is 66.7 Å². The second-order valence-electron chi connectivity index (χ2n) is 4.83. The van der Waals surface area contributed by atoms with Crippen molar-refractivity contribution in [2.45, 2.75) is 0 Å². The van der Waals surface area contributed by atoms with E-state index in [9.17, 15) is 0 Å². The molecule has 0 aromatic heterocycles. The fourth-order valence-electron chi connectivity index (χ4n) is 2.39. The summed E-state index contributed by atoms with van der Waals surface area (Å²) < 4.78 is 6.65. The molecule has 1 nitrogen and oxygen atoms in total. The van der Waals surface area contributed by atoms with Crippen LogP contribution in [0.4, 0.5) is 0 Å². The van der Waals surface area contributed by atoms with Gasteiger partial charge in [0.15, 0.2) is 0 Å². The van der Waals surface area contributed by atoms with Crippen molar-refractivity contribution in [2.24, 2.45) is 0 Å². The van der Waals surface area contributed by atoms with Crippen LogP contribution < -0.4 is 20.7 Å². The summed E-state index contributed by atoms with van der Waals surface area (Å²) in [5.41, 5.74) is 0. The molecule has 0 bridgehead atoms. The first-order valence-corrected chi connectivity index (χ1v) is 9.45. The SMILES string of the molecule is COc1cc(P(c2ccccc2)c2ccccc2)ccc1I.[B]. The van der Waals surface area contributed by atoms with E-state index in [-0.39, 0.29) is 8.41 Å². The van der Waals surface area contributed by atoms with E-state index in [1.165, 1.54) is 15.9 Å². The predicted octanol–water partition coefficient (Wildman–Crippen LogP) is 3.68. The van der Waals surface area contributed by atoms with Gasteiger partial charge in [-0.3, -0.25) is 0 Å². The molecule has 0 heterocycles. The lowest BCUT2D eigenvalue weighted by atomic mass is 10.3. The third-order valence-electron chi connectivity index (χ3n) is 3.42. The van der Waals surface area contributed by atoms with Crippen LogP contribution in [0.25, 0.3) is 0 Å². The highest BCUT2D eigenvalue weighted by molar-refractivity contribution is 14.1. The Labute approximate surface area is 154 Å². The number of methoxy groups -OCH3 is 1. The molecular weight excluding hydrogens is 413 g/mol. The minimum atomic E-state index is -0.564. The summed E-state index contributed by atoms with van der Waals surface area (Å²) in [6, 6.07) is 27.9. The smallest absolute Gasteiger partial charge is 0.132 e. The molecule has 4 heteroatoms. The normalized spacial score (nSPS) is 10.2. The predicted molar refractivity (Wildman–Crippen MR) is 110 cm³/mol. The van der Waals surface area contributed by atoms with Crippen LogP contribution in [0.3, 0.4) is 0 Å². The van der Waals surface area contributed by atoms with Crippen molar-refractivity contribution >= 4 is 54.8 Å². The molecule has 0 saturated heterocycles. The Morgan fingerprint density at radius 2 is 1.26 bits per heavy atom. The van der Waals surface area contributed by atoms with E-state index in [1.54, 1.807) is 7.11 Å². The number of halogens is 1. The van der Waals surface area contributed by atoms with Gasteiger partial charge >= 0.3 is 0 Å². The van der Waals surface area contributed by atoms with Crippen LogP contribution in [-0.2, 0) is 0 Å². The Bertz CT molecular complexity index is 710. The van der Waals surface area contributed by atoms with Crippen molar-refractivity contribution in [2.75, 3.05) is 7.11 Å². The van der Waals surface area contributed by atoms with E-state index in [4.69, 9.17) is 4.74 Å². The molecule has 3 aromatic carbocycles. The zero-order chi connectivity index (χ0) is 15.4. The van der Waals surface area contributed by atoms with E-state index in [0.29, 0.717) is 0 Å². The van der Waals surface area contributed by atoms with Gasteiger partial charge in [0, 0.05) is 8.41 Å². The minimum Gasteiger partial charge on any atom is -0.496 e. The Balaban J connectivity index is 0.00000192. The Morgan fingerprint density at radius 3 is 1.74 bits per heavy atom.